The van der Waals surface area contributed by atoms with E-state index < -0.39 is 0 Å². The first kappa shape index (κ1) is 10.2. The van der Waals surface area contributed by atoms with Gasteiger partial charge in [-0.25, -0.2) is 0 Å². The molecule has 0 aliphatic rings. The van der Waals surface area contributed by atoms with Crippen molar-refractivity contribution in [2.24, 2.45) is 0 Å². The molecule has 0 aliphatic heterocycles. The summed E-state index contributed by atoms with van der Waals surface area (Å²) < 4.78 is 0. The van der Waals surface area contributed by atoms with Crippen molar-refractivity contribution >= 4 is 11.9 Å². The lowest BCUT2D eigenvalue weighted by molar-refractivity contribution is 0.112. The van der Waals surface area contributed by atoms with Crippen LogP contribution in [-0.2, 0) is 0 Å². The van der Waals surface area contributed by atoms with Gasteiger partial charge in [0.15, 0.2) is 0 Å². The Balaban J connectivity index is 3.06. The largest absolute Gasteiger partial charge is 0.298 e. The van der Waals surface area contributed by atoms with Crippen LogP contribution in [-0.4, -0.2) is 6.29 Å². The average molecular weight is 184 g/mol. The number of hydrogen-bond donors (Lipinski definition) is 0. The van der Waals surface area contributed by atoms with Crippen LogP contribution >= 0.6 is 0 Å². The average Bonchev–Trinajstić information content (AvgIpc) is 2.26. The third-order valence-electron chi connectivity index (χ3n) is 1.90. The normalized spacial score (nSPS) is 10.7. The fourth-order valence-electron chi connectivity index (χ4n) is 1.16. The molecule has 0 aliphatic carbocycles. The molecule has 0 fully saturated rings. The van der Waals surface area contributed by atoms with Crippen molar-refractivity contribution in [2.45, 2.75) is 0 Å². The molecule has 0 bridgehead atoms. The Kier molecular flexibility index (Phi) is 3.62. The van der Waals surface area contributed by atoms with Gasteiger partial charge in [0.25, 0.3) is 0 Å². The van der Waals surface area contributed by atoms with Crippen molar-refractivity contribution in [1.29, 1.82) is 0 Å². The first-order chi connectivity index (χ1) is 6.81. The Morgan fingerprint density at radius 3 is 2.21 bits per heavy atom. The molecule has 0 aromatic heterocycles. The first-order valence-corrected chi connectivity index (χ1v) is 4.32. The molecule has 0 saturated carbocycles. The maximum Gasteiger partial charge on any atom is 0.150 e. The lowest BCUT2D eigenvalue weighted by atomic mass is 10.0. The fourth-order valence-corrected chi connectivity index (χ4v) is 1.16. The molecule has 0 amide bonds. The molecule has 14 heavy (non-hydrogen) atoms. The number of carbonyl (C=O) groups is 1. The highest BCUT2D eigenvalue weighted by molar-refractivity contribution is 5.79. The number of hydrogen-bond acceptors (Lipinski definition) is 1. The van der Waals surface area contributed by atoms with Crippen molar-refractivity contribution in [1.82, 2.24) is 0 Å². The summed E-state index contributed by atoms with van der Waals surface area (Å²) in [6.45, 7) is 7.34. The molecular formula is C13H12O. The molecule has 0 N–H and O–H groups in total. The highest BCUT2D eigenvalue weighted by Gasteiger charge is 1.95. The van der Waals surface area contributed by atoms with E-state index in [1.165, 1.54) is 0 Å². The molecule has 1 aromatic rings. The van der Waals surface area contributed by atoms with Gasteiger partial charge in [0.1, 0.15) is 6.29 Å². The van der Waals surface area contributed by atoms with Crippen LogP contribution in [0.1, 0.15) is 15.9 Å². The van der Waals surface area contributed by atoms with Crippen LogP contribution in [0.2, 0.25) is 0 Å². The lowest BCUT2D eigenvalue weighted by Gasteiger charge is -2.00. The summed E-state index contributed by atoms with van der Waals surface area (Å²) in [5, 5.41) is 0. The van der Waals surface area contributed by atoms with Crippen LogP contribution in [0.4, 0.5) is 0 Å². The lowest BCUT2D eigenvalue weighted by Crippen LogP contribution is -1.83. The van der Waals surface area contributed by atoms with Crippen molar-refractivity contribution < 1.29 is 4.79 Å². The van der Waals surface area contributed by atoms with E-state index in [-0.39, 0.29) is 0 Å². The van der Waals surface area contributed by atoms with E-state index in [1.54, 1.807) is 24.3 Å². The quantitative estimate of drug-likeness (QED) is 0.518. The molecule has 0 unspecified atom stereocenters. The van der Waals surface area contributed by atoms with Crippen molar-refractivity contribution in [2.75, 3.05) is 0 Å². The molecule has 0 saturated heterocycles. The standard InChI is InChI=1S/C13H12O/c1-3-5-12(4-2)13-8-6-11(10-14)7-9-13/h3-10H,1-2H2/b12-5+. The van der Waals surface area contributed by atoms with Crippen LogP contribution in [0.15, 0.2) is 55.7 Å². The molecule has 70 valence electrons. The minimum Gasteiger partial charge on any atom is -0.298 e. The molecular weight excluding hydrogens is 172 g/mol. The molecule has 1 heteroatoms. The predicted molar refractivity (Wildman–Crippen MR) is 60.2 cm³/mol. The molecule has 0 radical (unpaired) electrons. The van der Waals surface area contributed by atoms with E-state index in [0.717, 1.165) is 17.4 Å². The zero-order valence-corrected chi connectivity index (χ0v) is 7.94. The highest BCUT2D eigenvalue weighted by atomic mass is 16.1. The van der Waals surface area contributed by atoms with E-state index in [9.17, 15) is 4.79 Å². The molecule has 0 atom stereocenters. The Morgan fingerprint density at radius 1 is 1.14 bits per heavy atom. The van der Waals surface area contributed by atoms with Crippen LogP contribution < -0.4 is 0 Å². The summed E-state index contributed by atoms with van der Waals surface area (Å²) in [6, 6.07) is 7.34. The Hall–Kier alpha value is -1.89. The first-order valence-electron chi connectivity index (χ1n) is 4.32. The van der Waals surface area contributed by atoms with Gasteiger partial charge in [-0.1, -0.05) is 55.7 Å². The van der Waals surface area contributed by atoms with Crippen molar-refractivity contribution in [3.8, 4) is 0 Å². The van der Waals surface area contributed by atoms with Crippen molar-refractivity contribution in [3.63, 3.8) is 0 Å². The van der Waals surface area contributed by atoms with Gasteiger partial charge in [-0.3, -0.25) is 4.79 Å². The smallest absolute Gasteiger partial charge is 0.150 e. The minimum absolute atomic E-state index is 0.677. The Morgan fingerprint density at radius 2 is 1.79 bits per heavy atom. The van der Waals surface area contributed by atoms with E-state index >= 15 is 0 Å². The van der Waals surface area contributed by atoms with Gasteiger partial charge < -0.3 is 0 Å². The van der Waals surface area contributed by atoms with Gasteiger partial charge in [-0.2, -0.15) is 0 Å². The Bertz CT molecular complexity index is 369. The van der Waals surface area contributed by atoms with Gasteiger partial charge in [0.05, 0.1) is 0 Å². The topological polar surface area (TPSA) is 17.1 Å². The zero-order valence-electron chi connectivity index (χ0n) is 7.94. The minimum atomic E-state index is 0.677. The fraction of sp³-hybridized carbons (Fsp3) is 0. The Labute approximate surface area is 84.1 Å². The number of rotatable bonds is 4. The van der Waals surface area contributed by atoms with E-state index in [4.69, 9.17) is 0 Å². The zero-order chi connectivity index (χ0) is 10.4. The second-order valence-corrected chi connectivity index (χ2v) is 2.80. The second kappa shape index (κ2) is 4.97. The summed E-state index contributed by atoms with van der Waals surface area (Å²) in [5.74, 6) is 0. The number of carbonyl (C=O) groups excluding carboxylic acids is 1. The third kappa shape index (κ3) is 2.30. The van der Waals surface area contributed by atoms with E-state index in [2.05, 4.69) is 13.2 Å². The number of allylic oxidation sites excluding steroid dienone is 4. The number of aldehydes is 1. The summed E-state index contributed by atoms with van der Waals surface area (Å²) >= 11 is 0. The summed E-state index contributed by atoms with van der Waals surface area (Å²) in [5.41, 5.74) is 2.71. The van der Waals surface area contributed by atoms with E-state index in [0.29, 0.717) is 5.56 Å². The summed E-state index contributed by atoms with van der Waals surface area (Å²) in [7, 11) is 0. The van der Waals surface area contributed by atoms with Gasteiger partial charge in [-0.05, 0) is 11.1 Å². The molecule has 1 nitrogen and oxygen atoms in total. The van der Waals surface area contributed by atoms with Crippen LogP contribution in [0.25, 0.3) is 5.57 Å². The van der Waals surface area contributed by atoms with Gasteiger partial charge in [0, 0.05) is 5.56 Å². The molecule has 1 rings (SSSR count). The van der Waals surface area contributed by atoms with Crippen LogP contribution in [0, 0.1) is 0 Å². The van der Waals surface area contributed by atoms with E-state index in [1.807, 2.05) is 18.2 Å². The molecule has 1 aromatic carbocycles. The van der Waals surface area contributed by atoms with Crippen molar-refractivity contribution in [3.05, 3.63) is 66.8 Å². The van der Waals surface area contributed by atoms with Gasteiger partial charge >= 0.3 is 0 Å². The van der Waals surface area contributed by atoms with Crippen LogP contribution in [0.5, 0.6) is 0 Å². The highest BCUT2D eigenvalue weighted by Crippen LogP contribution is 2.15. The summed E-state index contributed by atoms with van der Waals surface area (Å²) in [6.07, 6.45) is 6.18. The molecule has 0 spiro atoms. The maximum absolute atomic E-state index is 10.4. The molecule has 0 heterocycles. The van der Waals surface area contributed by atoms with Gasteiger partial charge in [0.2, 0.25) is 0 Å². The number of benzene rings is 1. The predicted octanol–water partition coefficient (Wildman–Crippen LogP) is 3.25. The summed E-state index contributed by atoms with van der Waals surface area (Å²) in [4.78, 5) is 10.4. The second-order valence-electron chi connectivity index (χ2n) is 2.80. The third-order valence-corrected chi connectivity index (χ3v) is 1.90. The van der Waals surface area contributed by atoms with Gasteiger partial charge in [-0.15, -0.1) is 0 Å². The SMILES string of the molecule is C=C/C=C(\C=C)c1ccc(C=O)cc1. The van der Waals surface area contributed by atoms with Crippen LogP contribution in [0.3, 0.4) is 0 Å². The maximum atomic E-state index is 10.4. The monoisotopic (exact) mass is 184 g/mol.